The fourth-order valence-corrected chi connectivity index (χ4v) is 0.933. The summed E-state index contributed by atoms with van der Waals surface area (Å²) in [7, 11) is 0.101. The van der Waals surface area contributed by atoms with E-state index in [1.165, 1.54) is 0 Å². The van der Waals surface area contributed by atoms with E-state index in [9.17, 15) is 9.59 Å². The Balaban J connectivity index is 3.86. The molecule has 0 unspecified atom stereocenters. The van der Waals surface area contributed by atoms with Gasteiger partial charge in [-0.05, 0) is 12.3 Å². The van der Waals surface area contributed by atoms with Gasteiger partial charge in [-0.3, -0.25) is 4.79 Å². The third-order valence-corrected chi connectivity index (χ3v) is 1.45. The van der Waals surface area contributed by atoms with Crippen molar-refractivity contribution in [2.24, 2.45) is 5.92 Å². The maximum atomic E-state index is 10.6. The topological polar surface area (TPSA) is 66.4 Å². The summed E-state index contributed by atoms with van der Waals surface area (Å²) in [4.78, 5) is 20.5. The molecule has 0 heterocycles. The van der Waals surface area contributed by atoms with Gasteiger partial charge in [0.2, 0.25) is 0 Å². The van der Waals surface area contributed by atoms with Gasteiger partial charge in [-0.1, -0.05) is 13.8 Å². The molecule has 0 rings (SSSR count). The molecule has 0 amide bonds. The van der Waals surface area contributed by atoms with Crippen molar-refractivity contribution in [1.29, 1.82) is 0 Å². The highest BCUT2D eigenvalue weighted by atomic mass is 16.4. The maximum Gasteiger partial charge on any atom is 0.319 e. The molecule has 0 aliphatic carbocycles. The third-order valence-electron chi connectivity index (χ3n) is 1.45. The number of aliphatic carboxylic acids is 1. The van der Waals surface area contributed by atoms with Crippen LogP contribution in [-0.2, 0) is 9.59 Å². The maximum absolute atomic E-state index is 10.6. The van der Waals surface area contributed by atoms with Crippen LogP contribution in [0.25, 0.3) is 0 Å². The lowest BCUT2D eigenvalue weighted by atomic mass is 9.93. The second-order valence-corrected chi connectivity index (χ2v) is 3.10. The van der Waals surface area contributed by atoms with Gasteiger partial charge in [0.05, 0.1) is 12.2 Å². The molecule has 0 aromatic heterocycles. The van der Waals surface area contributed by atoms with E-state index in [2.05, 4.69) is 5.23 Å². The minimum atomic E-state index is -0.898. The lowest BCUT2D eigenvalue weighted by Gasteiger charge is -2.14. The Morgan fingerprint density at radius 2 is 2.25 bits per heavy atom. The van der Waals surface area contributed by atoms with Gasteiger partial charge in [0, 0.05) is 0 Å². The molecule has 0 aliphatic rings. The van der Waals surface area contributed by atoms with Crippen LogP contribution in [0.2, 0.25) is 0 Å². The number of rotatable bonds is 6. The quantitative estimate of drug-likeness (QED) is 0.422. The predicted molar refractivity (Wildman–Crippen MR) is 47.9 cm³/mol. The number of hydrogen-bond donors (Lipinski definition) is 2. The van der Waals surface area contributed by atoms with Crippen LogP contribution in [0.5, 0.6) is 0 Å². The van der Waals surface area contributed by atoms with Gasteiger partial charge in [0.15, 0.2) is 0 Å². The van der Waals surface area contributed by atoms with Crippen molar-refractivity contribution in [2.45, 2.75) is 26.3 Å². The van der Waals surface area contributed by atoms with Crippen molar-refractivity contribution < 1.29 is 14.7 Å². The van der Waals surface area contributed by atoms with Gasteiger partial charge < -0.3 is 15.1 Å². The normalized spacial score (nSPS) is 12.6. The van der Waals surface area contributed by atoms with E-state index in [4.69, 9.17) is 5.11 Å². The number of nitrogens with one attached hydrogen (secondary N) is 1. The number of carboxylic acid groups (broad SMARTS) is 1. The summed E-state index contributed by atoms with van der Waals surface area (Å²) in [6, 6.07) is -0.602. The molecule has 4 nitrogen and oxygen atoms in total. The van der Waals surface area contributed by atoms with E-state index < -0.39 is 12.0 Å². The minimum absolute atomic E-state index is 0.101. The van der Waals surface area contributed by atoms with Crippen LogP contribution in [0.1, 0.15) is 20.3 Å². The monoisotopic (exact) mass is 171 g/mol. The zero-order valence-electron chi connectivity index (χ0n) is 7.41. The van der Waals surface area contributed by atoms with Gasteiger partial charge >= 0.3 is 5.97 Å². The molecule has 2 N–H and O–H groups in total. The summed E-state index contributed by atoms with van der Waals surface area (Å²) in [5.74, 6) is -0.587. The van der Waals surface area contributed by atoms with E-state index in [1.54, 1.807) is 0 Å². The molecule has 0 aliphatic heterocycles. The summed E-state index contributed by atoms with van der Waals surface area (Å²) in [5, 5.41) is 11.3. The van der Waals surface area contributed by atoms with Crippen molar-refractivity contribution in [2.75, 3.05) is 0 Å². The molecule has 0 aromatic carbocycles. The Labute approximate surface area is 72.6 Å². The van der Waals surface area contributed by atoms with Crippen LogP contribution in [0.4, 0.5) is 0 Å². The third kappa shape index (κ3) is 4.90. The molecular formula is C7H14BNO3. The standard InChI is InChI=1S/C7H14BNO3/c1-5(2)3-6(7(11)12)9-8-4-10/h4-6,8-9H,3H2,1-2H3,(H,11,12)/t6-/m0/s1. The van der Waals surface area contributed by atoms with Crippen LogP contribution >= 0.6 is 0 Å². The van der Waals surface area contributed by atoms with Gasteiger partial charge in [0.25, 0.3) is 7.41 Å². The molecule has 0 aromatic rings. The molecule has 0 bridgehead atoms. The summed E-state index contributed by atoms with van der Waals surface area (Å²) in [6.07, 6.45) is 1.21. The number of hydrogen-bond acceptors (Lipinski definition) is 3. The van der Waals surface area contributed by atoms with Gasteiger partial charge in [-0.25, -0.2) is 0 Å². The molecule has 0 radical (unpaired) electrons. The largest absolute Gasteiger partial charge is 0.480 e. The molecular weight excluding hydrogens is 157 g/mol. The molecule has 1 atom stereocenters. The Hall–Kier alpha value is -0.835. The van der Waals surface area contributed by atoms with Gasteiger partial charge in [-0.2, -0.15) is 0 Å². The van der Waals surface area contributed by atoms with Gasteiger partial charge in [0.1, 0.15) is 0 Å². The van der Waals surface area contributed by atoms with Crippen molar-refractivity contribution >= 4 is 19.6 Å². The van der Waals surface area contributed by atoms with Crippen molar-refractivity contribution in [3.63, 3.8) is 0 Å². The van der Waals surface area contributed by atoms with Crippen LogP contribution in [0.3, 0.4) is 0 Å². The molecule has 5 heteroatoms. The Morgan fingerprint density at radius 1 is 1.67 bits per heavy atom. The number of carbonyl (C=O) groups is 2. The second kappa shape index (κ2) is 5.77. The Bertz CT molecular complexity index is 161. The lowest BCUT2D eigenvalue weighted by molar-refractivity contribution is -0.139. The van der Waals surface area contributed by atoms with E-state index in [-0.39, 0.29) is 7.41 Å². The average Bonchev–Trinajstić information content (AvgIpc) is 1.96. The Morgan fingerprint density at radius 3 is 2.58 bits per heavy atom. The lowest BCUT2D eigenvalue weighted by Crippen LogP contribution is -2.40. The highest BCUT2D eigenvalue weighted by Gasteiger charge is 2.17. The smallest absolute Gasteiger partial charge is 0.319 e. The predicted octanol–water partition coefficient (Wildman–Crippen LogP) is -0.383. The highest BCUT2D eigenvalue weighted by molar-refractivity contribution is 6.64. The average molecular weight is 171 g/mol. The Kier molecular flexibility index (Phi) is 5.37. The zero-order valence-corrected chi connectivity index (χ0v) is 7.41. The number of carbonyl (C=O) groups excluding carboxylic acids is 1. The summed E-state index contributed by atoms with van der Waals surface area (Å²) >= 11 is 0. The molecule has 0 saturated carbocycles. The summed E-state index contributed by atoms with van der Waals surface area (Å²) < 4.78 is 0. The molecule has 12 heavy (non-hydrogen) atoms. The SMILES string of the molecule is CC(C)C[C@H](NBC=O)C(=O)O. The van der Waals surface area contributed by atoms with E-state index >= 15 is 0 Å². The first kappa shape index (κ1) is 11.2. The molecule has 0 spiro atoms. The first-order valence-corrected chi connectivity index (χ1v) is 3.97. The number of carboxylic acids is 1. The van der Waals surface area contributed by atoms with E-state index in [0.717, 1.165) is 0 Å². The van der Waals surface area contributed by atoms with E-state index in [1.807, 2.05) is 13.8 Å². The van der Waals surface area contributed by atoms with Crippen LogP contribution < -0.4 is 5.23 Å². The van der Waals surface area contributed by atoms with Crippen LogP contribution in [-0.4, -0.2) is 30.7 Å². The second-order valence-electron chi connectivity index (χ2n) is 3.10. The van der Waals surface area contributed by atoms with E-state index in [0.29, 0.717) is 18.5 Å². The molecule has 68 valence electrons. The van der Waals surface area contributed by atoms with Gasteiger partial charge in [-0.15, -0.1) is 0 Å². The first-order chi connectivity index (χ1) is 5.57. The van der Waals surface area contributed by atoms with Crippen LogP contribution in [0, 0.1) is 5.92 Å². The zero-order chi connectivity index (χ0) is 9.56. The van der Waals surface area contributed by atoms with Crippen molar-refractivity contribution in [1.82, 2.24) is 5.23 Å². The highest BCUT2D eigenvalue weighted by Crippen LogP contribution is 2.03. The fraction of sp³-hybridized carbons (Fsp3) is 0.714. The molecule has 0 saturated heterocycles. The van der Waals surface area contributed by atoms with Crippen molar-refractivity contribution in [3.05, 3.63) is 0 Å². The summed E-state index contributed by atoms with van der Waals surface area (Å²) in [6.45, 7) is 3.89. The first-order valence-electron chi connectivity index (χ1n) is 3.97. The van der Waals surface area contributed by atoms with Crippen molar-refractivity contribution in [3.8, 4) is 0 Å². The minimum Gasteiger partial charge on any atom is -0.480 e. The molecule has 0 fully saturated rings. The van der Waals surface area contributed by atoms with Crippen LogP contribution in [0.15, 0.2) is 0 Å². The fourth-order valence-electron chi connectivity index (χ4n) is 0.933. The summed E-state index contributed by atoms with van der Waals surface area (Å²) in [5.41, 5.74) is 0.